The van der Waals surface area contributed by atoms with Crippen LogP contribution >= 0.6 is 23.2 Å². The summed E-state index contributed by atoms with van der Waals surface area (Å²) in [5, 5.41) is 9.14. The molecule has 2 rings (SSSR count). The Hall–Kier alpha value is -1.03. The zero-order valence-corrected chi connectivity index (χ0v) is 14.0. The van der Waals surface area contributed by atoms with Gasteiger partial charge in [0.25, 0.3) is 0 Å². The smallest absolute Gasteiger partial charge is 0.0660 e. The fourth-order valence-corrected chi connectivity index (χ4v) is 2.61. The Morgan fingerprint density at radius 2 is 2.05 bits per heavy atom. The van der Waals surface area contributed by atoms with E-state index in [1.807, 2.05) is 29.1 Å². The summed E-state index contributed by atoms with van der Waals surface area (Å²) >= 11 is 12.0. The molecule has 0 spiro atoms. The van der Waals surface area contributed by atoms with Gasteiger partial charge in [-0.25, -0.2) is 0 Å². The molecule has 0 saturated carbocycles. The van der Waals surface area contributed by atoms with Crippen LogP contribution in [0.3, 0.4) is 0 Å². The van der Waals surface area contributed by atoms with Gasteiger partial charge in [-0.2, -0.15) is 5.10 Å². The minimum Gasteiger partial charge on any atom is -0.310 e. The van der Waals surface area contributed by atoms with Crippen LogP contribution in [0.15, 0.2) is 30.6 Å². The SMILES string of the molecule is CCCNC(CC)c1cnn(Cc2ccc(Cl)c(Cl)c2)c1. The number of hydrogen-bond donors (Lipinski definition) is 1. The predicted octanol–water partition coefficient (Wildman–Crippen LogP) is 4.69. The highest BCUT2D eigenvalue weighted by atomic mass is 35.5. The van der Waals surface area contributed by atoms with Gasteiger partial charge in [0.2, 0.25) is 0 Å². The van der Waals surface area contributed by atoms with Crippen LogP contribution in [0.25, 0.3) is 0 Å². The fraction of sp³-hybridized carbons (Fsp3) is 0.438. The molecule has 0 fully saturated rings. The van der Waals surface area contributed by atoms with Gasteiger partial charge in [0.1, 0.15) is 0 Å². The third-order valence-corrected chi connectivity index (χ3v) is 4.17. The van der Waals surface area contributed by atoms with E-state index in [4.69, 9.17) is 23.2 Å². The Morgan fingerprint density at radius 3 is 2.71 bits per heavy atom. The molecule has 1 aromatic carbocycles. The standard InChI is InChI=1S/C16H21Cl2N3/c1-3-7-19-16(4-2)13-9-20-21(11-13)10-12-5-6-14(17)15(18)8-12/h5-6,8-9,11,16,19H,3-4,7,10H2,1-2H3. The van der Waals surface area contributed by atoms with Crippen molar-refractivity contribution in [3.8, 4) is 0 Å². The summed E-state index contributed by atoms with van der Waals surface area (Å²) in [5.41, 5.74) is 2.32. The first-order chi connectivity index (χ1) is 10.1. The van der Waals surface area contributed by atoms with Gasteiger partial charge in [0.05, 0.1) is 22.8 Å². The van der Waals surface area contributed by atoms with Crippen LogP contribution < -0.4 is 5.32 Å². The molecule has 5 heteroatoms. The molecule has 0 saturated heterocycles. The molecule has 1 N–H and O–H groups in total. The molecule has 0 radical (unpaired) electrons. The first-order valence-electron chi connectivity index (χ1n) is 7.33. The number of halogens is 2. The highest BCUT2D eigenvalue weighted by Gasteiger charge is 2.10. The minimum atomic E-state index is 0.368. The largest absolute Gasteiger partial charge is 0.310 e. The van der Waals surface area contributed by atoms with Crippen molar-refractivity contribution in [3.63, 3.8) is 0 Å². The van der Waals surface area contributed by atoms with Crippen LogP contribution in [-0.2, 0) is 6.54 Å². The van der Waals surface area contributed by atoms with Gasteiger partial charge in [-0.05, 0) is 37.1 Å². The molecule has 0 amide bonds. The van der Waals surface area contributed by atoms with Gasteiger partial charge in [0.15, 0.2) is 0 Å². The third kappa shape index (κ3) is 4.47. The van der Waals surface area contributed by atoms with E-state index in [9.17, 15) is 0 Å². The van der Waals surface area contributed by atoms with Crippen LogP contribution in [0.1, 0.15) is 43.9 Å². The third-order valence-electron chi connectivity index (χ3n) is 3.43. The minimum absolute atomic E-state index is 0.368. The topological polar surface area (TPSA) is 29.9 Å². The van der Waals surface area contributed by atoms with Crippen molar-refractivity contribution in [3.05, 3.63) is 51.8 Å². The van der Waals surface area contributed by atoms with E-state index in [1.165, 1.54) is 5.56 Å². The summed E-state index contributed by atoms with van der Waals surface area (Å²) in [4.78, 5) is 0. The lowest BCUT2D eigenvalue weighted by Crippen LogP contribution is -2.21. The van der Waals surface area contributed by atoms with E-state index in [2.05, 4.69) is 30.5 Å². The van der Waals surface area contributed by atoms with Gasteiger partial charge >= 0.3 is 0 Å². The Balaban J connectivity index is 2.06. The summed E-state index contributed by atoms with van der Waals surface area (Å²) in [5.74, 6) is 0. The van der Waals surface area contributed by atoms with Gasteiger partial charge in [-0.3, -0.25) is 4.68 Å². The molecule has 0 aliphatic heterocycles. The predicted molar refractivity (Wildman–Crippen MR) is 89.1 cm³/mol. The number of aromatic nitrogens is 2. The Kier molecular flexibility index (Phi) is 6.09. The summed E-state index contributed by atoms with van der Waals surface area (Å²) in [6.45, 7) is 6.08. The molecule has 0 bridgehead atoms. The highest BCUT2D eigenvalue weighted by Crippen LogP contribution is 2.23. The molecule has 1 unspecified atom stereocenters. The second-order valence-electron chi connectivity index (χ2n) is 5.13. The van der Waals surface area contributed by atoms with E-state index in [1.54, 1.807) is 0 Å². The number of rotatable bonds is 7. The molecular weight excluding hydrogens is 305 g/mol. The molecular formula is C16H21Cl2N3. The lowest BCUT2D eigenvalue weighted by Gasteiger charge is -2.14. The highest BCUT2D eigenvalue weighted by molar-refractivity contribution is 6.42. The van der Waals surface area contributed by atoms with Gasteiger partial charge in [-0.1, -0.05) is 43.1 Å². The summed E-state index contributed by atoms with van der Waals surface area (Å²) in [6, 6.07) is 6.05. The van der Waals surface area contributed by atoms with E-state index in [0.717, 1.165) is 24.9 Å². The molecule has 1 aromatic heterocycles. The molecule has 0 aliphatic carbocycles. The van der Waals surface area contributed by atoms with Crippen LogP contribution in [0.2, 0.25) is 10.0 Å². The fourth-order valence-electron chi connectivity index (χ4n) is 2.29. The van der Waals surface area contributed by atoms with Crippen molar-refractivity contribution in [2.24, 2.45) is 0 Å². The van der Waals surface area contributed by atoms with Crippen LogP contribution in [0, 0.1) is 0 Å². The van der Waals surface area contributed by atoms with Crippen molar-refractivity contribution in [2.45, 2.75) is 39.3 Å². The number of hydrogen-bond acceptors (Lipinski definition) is 2. The first-order valence-corrected chi connectivity index (χ1v) is 8.09. The lowest BCUT2D eigenvalue weighted by atomic mass is 10.1. The number of nitrogens with one attached hydrogen (secondary N) is 1. The van der Waals surface area contributed by atoms with Crippen molar-refractivity contribution >= 4 is 23.2 Å². The van der Waals surface area contributed by atoms with Gasteiger partial charge in [-0.15, -0.1) is 0 Å². The Labute approximate surface area is 136 Å². The van der Waals surface area contributed by atoms with Crippen LogP contribution in [0.5, 0.6) is 0 Å². The van der Waals surface area contributed by atoms with Gasteiger partial charge in [0, 0.05) is 17.8 Å². The molecule has 1 atom stereocenters. The normalized spacial score (nSPS) is 12.6. The summed E-state index contributed by atoms with van der Waals surface area (Å²) in [6.07, 6.45) is 6.22. The maximum absolute atomic E-state index is 6.04. The number of benzene rings is 1. The Bertz CT molecular complexity index is 581. The molecule has 3 nitrogen and oxygen atoms in total. The molecule has 21 heavy (non-hydrogen) atoms. The monoisotopic (exact) mass is 325 g/mol. The van der Waals surface area contributed by atoms with Crippen LogP contribution in [-0.4, -0.2) is 16.3 Å². The number of nitrogens with zero attached hydrogens (tertiary/aromatic N) is 2. The second kappa shape index (κ2) is 7.83. The van der Waals surface area contributed by atoms with E-state index in [0.29, 0.717) is 22.6 Å². The van der Waals surface area contributed by atoms with Crippen molar-refractivity contribution in [2.75, 3.05) is 6.54 Å². The molecule has 1 heterocycles. The van der Waals surface area contributed by atoms with E-state index in [-0.39, 0.29) is 0 Å². The maximum Gasteiger partial charge on any atom is 0.0660 e. The zero-order valence-electron chi connectivity index (χ0n) is 12.4. The summed E-state index contributed by atoms with van der Waals surface area (Å²) < 4.78 is 1.94. The van der Waals surface area contributed by atoms with Crippen molar-refractivity contribution < 1.29 is 0 Å². The average Bonchev–Trinajstić information content (AvgIpc) is 2.92. The zero-order chi connectivity index (χ0) is 15.2. The summed E-state index contributed by atoms with van der Waals surface area (Å²) in [7, 11) is 0. The van der Waals surface area contributed by atoms with E-state index < -0.39 is 0 Å². The van der Waals surface area contributed by atoms with Gasteiger partial charge < -0.3 is 5.32 Å². The second-order valence-corrected chi connectivity index (χ2v) is 5.95. The Morgan fingerprint density at radius 1 is 1.24 bits per heavy atom. The average molecular weight is 326 g/mol. The molecule has 114 valence electrons. The quantitative estimate of drug-likeness (QED) is 0.800. The maximum atomic E-state index is 6.04. The van der Waals surface area contributed by atoms with Crippen molar-refractivity contribution in [1.82, 2.24) is 15.1 Å². The van der Waals surface area contributed by atoms with E-state index >= 15 is 0 Å². The molecule has 0 aliphatic rings. The lowest BCUT2D eigenvalue weighted by molar-refractivity contribution is 0.517. The van der Waals surface area contributed by atoms with Crippen molar-refractivity contribution in [1.29, 1.82) is 0 Å². The first kappa shape index (κ1) is 16.3. The molecule has 2 aromatic rings. The van der Waals surface area contributed by atoms with Crippen LogP contribution in [0.4, 0.5) is 0 Å².